The lowest BCUT2D eigenvalue weighted by Crippen LogP contribution is -2.26. The van der Waals surface area contributed by atoms with E-state index in [9.17, 15) is 0 Å². The van der Waals surface area contributed by atoms with Crippen LogP contribution in [-0.2, 0) is 0 Å². The maximum absolute atomic E-state index is 6.33. The highest BCUT2D eigenvalue weighted by atomic mass is 35.5. The summed E-state index contributed by atoms with van der Waals surface area (Å²) in [5, 5.41) is 0.0338. The molecule has 0 aromatic heterocycles. The summed E-state index contributed by atoms with van der Waals surface area (Å²) in [6.45, 7) is 19.2. The summed E-state index contributed by atoms with van der Waals surface area (Å²) >= 11 is 6.33. The normalized spacial score (nSPS) is 16.4. The monoisotopic (exact) mass is 254 g/mol. The van der Waals surface area contributed by atoms with Crippen molar-refractivity contribution in [3.8, 4) is 0 Å². The van der Waals surface area contributed by atoms with Crippen LogP contribution >= 0.6 is 11.6 Å². The Labute approximate surface area is 112 Å². The van der Waals surface area contributed by atoms with Gasteiger partial charge < -0.3 is 0 Å². The number of alkyl halides is 1. The summed E-state index contributed by atoms with van der Waals surface area (Å²) in [5.74, 6) is 0.325. The van der Waals surface area contributed by atoms with Crippen LogP contribution in [0, 0.1) is 11.3 Å². The van der Waals surface area contributed by atoms with Crippen LogP contribution in [0.4, 0.5) is 0 Å². The fourth-order valence-electron chi connectivity index (χ4n) is 2.25. The highest BCUT2D eigenvalue weighted by molar-refractivity contribution is 6.22. The Morgan fingerprint density at radius 3 is 1.82 bits per heavy atom. The molecule has 0 radical (unpaired) electrons. The Hall–Kier alpha value is -0.490. The molecular weight excluding hydrogens is 228 g/mol. The van der Waals surface area contributed by atoms with Gasteiger partial charge in [-0.2, -0.15) is 0 Å². The molecule has 0 amide bonds. The number of allylic oxidation sites excluding steroid dienone is 5. The van der Waals surface area contributed by atoms with Gasteiger partial charge in [-0.25, -0.2) is 0 Å². The molecule has 0 N–H and O–H groups in total. The zero-order valence-corrected chi connectivity index (χ0v) is 13.2. The molecule has 1 heteroatoms. The number of rotatable bonds is 4. The Morgan fingerprint density at radius 2 is 1.59 bits per heavy atom. The molecule has 0 saturated carbocycles. The van der Waals surface area contributed by atoms with Gasteiger partial charge in [-0.05, 0) is 38.7 Å². The number of hydrogen-bond donors (Lipinski definition) is 0. The van der Waals surface area contributed by atoms with Crippen molar-refractivity contribution in [3.05, 3.63) is 35.5 Å². The van der Waals surface area contributed by atoms with Crippen LogP contribution in [0.25, 0.3) is 0 Å². The predicted molar refractivity (Wildman–Crippen MR) is 80.6 cm³/mol. The van der Waals surface area contributed by atoms with Crippen LogP contribution < -0.4 is 0 Å². The third-order valence-electron chi connectivity index (χ3n) is 2.76. The van der Waals surface area contributed by atoms with Gasteiger partial charge in [0.15, 0.2) is 0 Å². The van der Waals surface area contributed by atoms with Gasteiger partial charge in [0.05, 0.1) is 5.38 Å². The first-order valence-electron chi connectivity index (χ1n) is 6.21. The highest BCUT2D eigenvalue weighted by Crippen LogP contribution is 2.39. The van der Waals surface area contributed by atoms with E-state index in [4.69, 9.17) is 11.6 Å². The van der Waals surface area contributed by atoms with Gasteiger partial charge in [-0.3, -0.25) is 0 Å². The van der Waals surface area contributed by atoms with Gasteiger partial charge in [0.25, 0.3) is 0 Å². The minimum Gasteiger partial charge on any atom is -0.118 e. The lowest BCUT2D eigenvalue weighted by atomic mass is 9.72. The molecule has 0 nitrogen and oxygen atoms in total. The van der Waals surface area contributed by atoms with E-state index in [1.165, 1.54) is 16.7 Å². The van der Waals surface area contributed by atoms with E-state index in [0.717, 1.165) is 0 Å². The van der Waals surface area contributed by atoms with Crippen molar-refractivity contribution >= 4 is 11.6 Å². The molecule has 0 spiro atoms. The van der Waals surface area contributed by atoms with E-state index >= 15 is 0 Å². The maximum Gasteiger partial charge on any atom is 0.0526 e. The van der Waals surface area contributed by atoms with Crippen LogP contribution in [0.1, 0.15) is 48.5 Å². The molecule has 2 atom stereocenters. The molecule has 0 fully saturated rings. The van der Waals surface area contributed by atoms with Crippen LogP contribution in [0.5, 0.6) is 0 Å². The zero-order valence-electron chi connectivity index (χ0n) is 12.4. The summed E-state index contributed by atoms with van der Waals surface area (Å²) in [6, 6.07) is 0. The second-order valence-corrected chi connectivity index (χ2v) is 6.83. The molecule has 98 valence electrons. The third kappa shape index (κ3) is 5.59. The second-order valence-electron chi connectivity index (χ2n) is 6.17. The zero-order chi connectivity index (χ0) is 13.8. The lowest BCUT2D eigenvalue weighted by molar-refractivity contribution is 0.313. The molecule has 0 aromatic carbocycles. The first-order chi connectivity index (χ1) is 7.57. The first-order valence-corrected chi connectivity index (χ1v) is 6.65. The SMILES string of the molecule is C=C(C)C(/C(=C/C=C(C)C)C(C)Cl)C(C)(C)C. The summed E-state index contributed by atoms with van der Waals surface area (Å²) in [4.78, 5) is 0. The van der Waals surface area contributed by atoms with E-state index in [2.05, 4.69) is 60.3 Å². The summed E-state index contributed by atoms with van der Waals surface area (Å²) < 4.78 is 0. The quantitative estimate of drug-likeness (QED) is 0.341. The van der Waals surface area contributed by atoms with E-state index < -0.39 is 0 Å². The molecule has 0 aliphatic rings. The summed E-state index contributed by atoms with van der Waals surface area (Å²) in [6.07, 6.45) is 4.30. The standard InChI is InChI=1S/C16H27Cl/c1-11(2)9-10-14(13(5)17)15(12(3)4)16(6,7)8/h9-10,13,15H,3H2,1-2,4-8H3/b14-10+. The topological polar surface area (TPSA) is 0 Å². The maximum atomic E-state index is 6.33. The minimum absolute atomic E-state index is 0.0338. The molecule has 0 rings (SSSR count). The highest BCUT2D eigenvalue weighted by Gasteiger charge is 2.30. The van der Waals surface area contributed by atoms with Gasteiger partial charge in [-0.15, -0.1) is 11.6 Å². The first kappa shape index (κ1) is 16.5. The molecule has 2 unspecified atom stereocenters. The minimum atomic E-state index is 0.0338. The molecule has 0 heterocycles. The Balaban J connectivity index is 5.50. The smallest absolute Gasteiger partial charge is 0.0526 e. The van der Waals surface area contributed by atoms with Gasteiger partial charge in [-0.1, -0.05) is 50.6 Å². The van der Waals surface area contributed by atoms with Crippen molar-refractivity contribution < 1.29 is 0 Å². The Bertz CT molecular complexity index is 320. The van der Waals surface area contributed by atoms with Crippen LogP contribution in [0.3, 0.4) is 0 Å². The molecule has 0 aliphatic carbocycles. The molecule has 17 heavy (non-hydrogen) atoms. The largest absolute Gasteiger partial charge is 0.118 e. The van der Waals surface area contributed by atoms with E-state index in [-0.39, 0.29) is 10.8 Å². The van der Waals surface area contributed by atoms with Gasteiger partial charge in [0.2, 0.25) is 0 Å². The van der Waals surface area contributed by atoms with E-state index in [1.54, 1.807) is 0 Å². The Morgan fingerprint density at radius 1 is 1.12 bits per heavy atom. The lowest BCUT2D eigenvalue weighted by Gasteiger charge is -2.34. The molecule has 0 aliphatic heterocycles. The van der Waals surface area contributed by atoms with Crippen LogP contribution in [0.15, 0.2) is 35.5 Å². The van der Waals surface area contributed by atoms with E-state index in [1.807, 2.05) is 6.92 Å². The van der Waals surface area contributed by atoms with Crippen LogP contribution in [-0.4, -0.2) is 5.38 Å². The fourth-order valence-corrected chi connectivity index (χ4v) is 2.44. The summed E-state index contributed by atoms with van der Waals surface area (Å²) in [5.41, 5.74) is 3.87. The van der Waals surface area contributed by atoms with E-state index in [0.29, 0.717) is 5.92 Å². The van der Waals surface area contributed by atoms with Crippen molar-refractivity contribution in [2.45, 2.75) is 53.8 Å². The van der Waals surface area contributed by atoms with Crippen molar-refractivity contribution in [1.29, 1.82) is 0 Å². The van der Waals surface area contributed by atoms with Crippen molar-refractivity contribution in [1.82, 2.24) is 0 Å². The predicted octanol–water partition coefficient (Wildman–Crippen LogP) is 5.74. The average molecular weight is 255 g/mol. The van der Waals surface area contributed by atoms with Gasteiger partial charge in [0, 0.05) is 5.92 Å². The van der Waals surface area contributed by atoms with Gasteiger partial charge in [0.1, 0.15) is 0 Å². The van der Waals surface area contributed by atoms with Gasteiger partial charge >= 0.3 is 0 Å². The second kappa shape index (κ2) is 6.44. The number of hydrogen-bond acceptors (Lipinski definition) is 0. The fraction of sp³-hybridized carbons (Fsp3) is 0.625. The molecule has 0 aromatic rings. The van der Waals surface area contributed by atoms with Crippen LogP contribution in [0.2, 0.25) is 0 Å². The van der Waals surface area contributed by atoms with Crippen molar-refractivity contribution in [2.24, 2.45) is 11.3 Å². The average Bonchev–Trinajstić information content (AvgIpc) is 2.07. The summed E-state index contributed by atoms with van der Waals surface area (Å²) in [7, 11) is 0. The molecular formula is C16H27Cl. The number of halogens is 1. The molecule has 0 bridgehead atoms. The third-order valence-corrected chi connectivity index (χ3v) is 3.01. The Kier molecular flexibility index (Phi) is 6.26. The van der Waals surface area contributed by atoms with Crippen molar-refractivity contribution in [2.75, 3.05) is 0 Å². The van der Waals surface area contributed by atoms with Crippen molar-refractivity contribution in [3.63, 3.8) is 0 Å². The molecule has 0 saturated heterocycles.